The molecule has 11 heteroatoms. The summed E-state index contributed by atoms with van der Waals surface area (Å²) in [4.78, 5) is 13.7. The lowest BCUT2D eigenvalue weighted by molar-refractivity contribution is -0.138. The number of halogens is 6. The number of hydrogen-bond acceptors (Lipinski definition) is 3. The van der Waals surface area contributed by atoms with Crippen molar-refractivity contribution in [3.05, 3.63) is 187 Å². The van der Waals surface area contributed by atoms with E-state index in [1.807, 2.05) is 48.5 Å². The average Bonchev–Trinajstić information content (AvgIpc) is 3.85. The van der Waals surface area contributed by atoms with Crippen molar-refractivity contribution in [2.45, 2.75) is 12.4 Å². The second-order valence-corrected chi connectivity index (χ2v) is 14.4. The van der Waals surface area contributed by atoms with Gasteiger partial charge in [0.25, 0.3) is 0 Å². The van der Waals surface area contributed by atoms with Crippen molar-refractivity contribution in [2.24, 2.45) is 0 Å². The first kappa shape index (κ1) is 36.8. The Balaban J connectivity index is 1.03. The van der Waals surface area contributed by atoms with Crippen LogP contribution in [0, 0.1) is 0 Å². The van der Waals surface area contributed by atoms with Crippen molar-refractivity contribution in [1.29, 1.82) is 0 Å². The molecular weight excluding hydrogens is 773 g/mol. The molecule has 10 aromatic rings. The molecule has 3 aromatic heterocycles. The molecule has 0 N–H and O–H groups in total. The number of benzene rings is 7. The van der Waals surface area contributed by atoms with Crippen LogP contribution in [-0.4, -0.2) is 24.1 Å². The van der Waals surface area contributed by atoms with E-state index in [9.17, 15) is 26.3 Å². The summed E-state index contributed by atoms with van der Waals surface area (Å²) in [6.45, 7) is 0. The van der Waals surface area contributed by atoms with Crippen LogP contribution in [0.4, 0.5) is 26.3 Å². The maximum atomic E-state index is 13.4. The number of alkyl halides is 6. The minimum Gasteiger partial charge on any atom is -0.317 e. The van der Waals surface area contributed by atoms with E-state index in [0.717, 1.165) is 74.1 Å². The standard InChI is InChI=1S/C49H29F6N5/c50-48(51,52)36-19-12-31(13-20-36)45-56-46(32-14-21-37(22-15-32)49(53,54)55)58-47(57-45)33-16-23-38(24-17-33)60-43-11-4-2-9-40(43)41-29-35(18-25-44(41)60)34-7-5-8-39(28-34)59-27-26-30-6-1-3-10-42(30)59/h1-29H. The highest BCUT2D eigenvalue weighted by Crippen LogP contribution is 2.37. The molecule has 0 aliphatic carbocycles. The van der Waals surface area contributed by atoms with Gasteiger partial charge < -0.3 is 9.13 Å². The molecule has 0 fully saturated rings. The summed E-state index contributed by atoms with van der Waals surface area (Å²) in [5, 5.41) is 3.32. The lowest BCUT2D eigenvalue weighted by atomic mass is 10.0. The van der Waals surface area contributed by atoms with Crippen LogP contribution in [0.5, 0.6) is 0 Å². The molecule has 292 valence electrons. The number of fused-ring (bicyclic) bond motifs is 4. The van der Waals surface area contributed by atoms with Crippen molar-refractivity contribution >= 4 is 32.7 Å². The third-order valence-corrected chi connectivity index (χ3v) is 10.7. The SMILES string of the molecule is FC(F)(F)c1ccc(-c2nc(-c3ccc(-n4c5ccccc5c5cc(-c6cccc(-n7ccc8ccccc87)c6)ccc54)cc3)nc(-c3ccc(C(F)(F)F)cc3)n2)cc1. The molecule has 0 amide bonds. The normalized spacial score (nSPS) is 12.2. The van der Waals surface area contributed by atoms with Gasteiger partial charge in [0, 0.05) is 45.0 Å². The predicted octanol–water partition coefficient (Wildman–Crippen LogP) is 13.6. The van der Waals surface area contributed by atoms with Crippen molar-refractivity contribution < 1.29 is 26.3 Å². The van der Waals surface area contributed by atoms with E-state index < -0.39 is 23.5 Å². The van der Waals surface area contributed by atoms with Gasteiger partial charge in [-0.3, -0.25) is 0 Å². The maximum absolute atomic E-state index is 13.4. The van der Waals surface area contributed by atoms with Crippen LogP contribution in [0.2, 0.25) is 0 Å². The number of nitrogens with zero attached hydrogens (tertiary/aromatic N) is 5. The van der Waals surface area contributed by atoms with Crippen LogP contribution in [0.15, 0.2) is 176 Å². The third kappa shape index (κ3) is 6.63. The van der Waals surface area contributed by atoms with Gasteiger partial charge >= 0.3 is 12.4 Å². The Kier molecular flexibility index (Phi) is 8.64. The monoisotopic (exact) mass is 801 g/mol. The summed E-state index contributed by atoms with van der Waals surface area (Å²) in [5.41, 5.74) is 6.67. The molecule has 3 heterocycles. The summed E-state index contributed by atoms with van der Waals surface area (Å²) in [6.07, 6.45) is -7.00. The molecule has 10 rings (SSSR count). The number of hydrogen-bond donors (Lipinski definition) is 0. The fourth-order valence-electron chi connectivity index (χ4n) is 7.71. The van der Waals surface area contributed by atoms with E-state index in [1.54, 1.807) is 0 Å². The smallest absolute Gasteiger partial charge is 0.317 e. The Labute approximate surface area is 338 Å². The molecule has 0 unspecified atom stereocenters. The van der Waals surface area contributed by atoms with Gasteiger partial charge in [-0.15, -0.1) is 0 Å². The van der Waals surface area contributed by atoms with Crippen LogP contribution >= 0.6 is 0 Å². The van der Waals surface area contributed by atoms with Gasteiger partial charge in [-0.05, 0) is 108 Å². The molecule has 0 bridgehead atoms. The molecular formula is C49H29F6N5. The molecule has 0 saturated carbocycles. The van der Waals surface area contributed by atoms with Crippen LogP contribution in [0.25, 0.3) is 89.4 Å². The third-order valence-electron chi connectivity index (χ3n) is 10.7. The zero-order valence-electron chi connectivity index (χ0n) is 31.2. The van der Waals surface area contributed by atoms with Crippen LogP contribution < -0.4 is 0 Å². The molecule has 0 radical (unpaired) electrons. The topological polar surface area (TPSA) is 48.5 Å². The molecule has 0 saturated heterocycles. The minimum absolute atomic E-state index is 0.0677. The lowest BCUT2D eigenvalue weighted by Gasteiger charge is -2.12. The second-order valence-electron chi connectivity index (χ2n) is 14.4. The number of rotatable bonds is 6. The van der Waals surface area contributed by atoms with Crippen molar-refractivity contribution in [3.8, 4) is 56.7 Å². The van der Waals surface area contributed by atoms with Gasteiger partial charge in [-0.2, -0.15) is 26.3 Å². The van der Waals surface area contributed by atoms with Gasteiger partial charge in [0.15, 0.2) is 17.5 Å². The summed E-state index contributed by atoms with van der Waals surface area (Å²) in [5.74, 6) is 0.333. The van der Waals surface area contributed by atoms with E-state index in [2.05, 4.69) is 103 Å². The Bertz CT molecular complexity index is 3140. The lowest BCUT2D eigenvalue weighted by Crippen LogP contribution is -2.05. The fraction of sp³-hybridized carbons (Fsp3) is 0.0408. The Morgan fingerprint density at radius 2 is 0.867 bits per heavy atom. The van der Waals surface area contributed by atoms with Gasteiger partial charge in [0.05, 0.1) is 27.7 Å². The van der Waals surface area contributed by atoms with Crippen molar-refractivity contribution in [2.75, 3.05) is 0 Å². The van der Waals surface area contributed by atoms with Crippen LogP contribution in [-0.2, 0) is 12.4 Å². The van der Waals surface area contributed by atoms with Gasteiger partial charge in [0.1, 0.15) is 0 Å². The highest BCUT2D eigenvalue weighted by molar-refractivity contribution is 6.10. The summed E-state index contributed by atoms with van der Waals surface area (Å²) in [6, 6.07) is 49.8. The Morgan fingerprint density at radius 1 is 0.367 bits per heavy atom. The molecule has 0 atom stereocenters. The van der Waals surface area contributed by atoms with Crippen LogP contribution in [0.3, 0.4) is 0 Å². The molecule has 0 aliphatic rings. The van der Waals surface area contributed by atoms with Crippen molar-refractivity contribution in [3.63, 3.8) is 0 Å². The van der Waals surface area contributed by atoms with Crippen LogP contribution in [0.1, 0.15) is 11.1 Å². The van der Waals surface area contributed by atoms with E-state index >= 15 is 0 Å². The van der Waals surface area contributed by atoms with E-state index in [-0.39, 0.29) is 28.6 Å². The molecule has 60 heavy (non-hydrogen) atoms. The van der Waals surface area contributed by atoms with Crippen molar-refractivity contribution in [1.82, 2.24) is 24.1 Å². The van der Waals surface area contributed by atoms with Gasteiger partial charge in [-0.1, -0.05) is 78.9 Å². The Hall–Kier alpha value is -7.53. The molecule has 0 aliphatic heterocycles. The highest BCUT2D eigenvalue weighted by atomic mass is 19.4. The van der Waals surface area contributed by atoms with Gasteiger partial charge in [-0.25, -0.2) is 15.0 Å². The zero-order chi connectivity index (χ0) is 41.2. The fourth-order valence-corrected chi connectivity index (χ4v) is 7.71. The Morgan fingerprint density at radius 3 is 1.47 bits per heavy atom. The highest BCUT2D eigenvalue weighted by Gasteiger charge is 2.31. The zero-order valence-corrected chi connectivity index (χ0v) is 31.2. The molecule has 0 spiro atoms. The maximum Gasteiger partial charge on any atom is 0.416 e. The quantitative estimate of drug-likeness (QED) is 0.157. The summed E-state index contributed by atoms with van der Waals surface area (Å²) < 4.78 is 84.6. The average molecular weight is 802 g/mol. The van der Waals surface area contributed by atoms with E-state index in [1.165, 1.54) is 29.7 Å². The largest absolute Gasteiger partial charge is 0.416 e. The first-order chi connectivity index (χ1) is 29.0. The van der Waals surface area contributed by atoms with E-state index in [4.69, 9.17) is 0 Å². The second kappa shape index (κ2) is 14.1. The van der Waals surface area contributed by atoms with E-state index in [0.29, 0.717) is 5.56 Å². The summed E-state index contributed by atoms with van der Waals surface area (Å²) >= 11 is 0. The minimum atomic E-state index is -4.54. The molecule has 5 nitrogen and oxygen atoms in total. The number of aromatic nitrogens is 5. The first-order valence-corrected chi connectivity index (χ1v) is 18.9. The number of para-hydroxylation sites is 2. The first-order valence-electron chi connectivity index (χ1n) is 18.9. The summed E-state index contributed by atoms with van der Waals surface area (Å²) in [7, 11) is 0. The molecule has 7 aromatic carbocycles. The van der Waals surface area contributed by atoms with Gasteiger partial charge in [0.2, 0.25) is 0 Å². The predicted molar refractivity (Wildman–Crippen MR) is 223 cm³/mol.